The largest absolute Gasteiger partial charge is 0.461 e. The summed E-state index contributed by atoms with van der Waals surface area (Å²) in [4.78, 5) is 16.3. The van der Waals surface area contributed by atoms with E-state index in [1.165, 1.54) is 6.07 Å². The molecule has 0 atom stereocenters. The summed E-state index contributed by atoms with van der Waals surface area (Å²) in [6.07, 6.45) is 3.33. The summed E-state index contributed by atoms with van der Waals surface area (Å²) < 4.78 is 21.0. The number of rotatable bonds is 4. The van der Waals surface area contributed by atoms with Crippen molar-refractivity contribution in [3.63, 3.8) is 0 Å². The lowest BCUT2D eigenvalue weighted by atomic mass is 10.1. The van der Waals surface area contributed by atoms with E-state index in [9.17, 15) is 9.18 Å². The highest BCUT2D eigenvalue weighted by atomic mass is 19.1. The number of hydrogen-bond acceptors (Lipinski definition) is 3. The molecule has 23 heavy (non-hydrogen) atoms. The molecule has 0 spiro atoms. The van der Waals surface area contributed by atoms with Crippen LogP contribution in [0.4, 0.5) is 4.39 Å². The first kappa shape index (κ1) is 15.2. The second kappa shape index (κ2) is 6.20. The van der Waals surface area contributed by atoms with Crippen LogP contribution in [0.5, 0.6) is 0 Å². The molecule has 2 aromatic heterocycles. The summed E-state index contributed by atoms with van der Waals surface area (Å²) in [7, 11) is 0. The minimum absolute atomic E-state index is 0.245. The van der Waals surface area contributed by atoms with E-state index in [1.807, 2.05) is 19.1 Å². The van der Waals surface area contributed by atoms with Crippen molar-refractivity contribution in [1.29, 1.82) is 0 Å². The number of esters is 1. The number of benzene rings is 1. The average Bonchev–Trinajstić information content (AvgIpc) is 2.89. The van der Waals surface area contributed by atoms with Gasteiger partial charge < -0.3 is 9.30 Å². The fourth-order valence-corrected chi connectivity index (χ4v) is 2.59. The second-order valence-corrected chi connectivity index (χ2v) is 5.37. The first-order valence-electron chi connectivity index (χ1n) is 7.45. The molecule has 0 amide bonds. The van der Waals surface area contributed by atoms with Crippen LogP contribution in [0.15, 0.2) is 42.7 Å². The van der Waals surface area contributed by atoms with E-state index in [4.69, 9.17) is 4.74 Å². The SMILES string of the molecule is CCOC(=O)c1cc2ccncc2n1Cc1ccc(C)cc1F. The number of carbonyl (C=O) groups is 1. The van der Waals surface area contributed by atoms with Crippen molar-refractivity contribution in [3.8, 4) is 0 Å². The van der Waals surface area contributed by atoms with Gasteiger partial charge in [0.15, 0.2) is 0 Å². The van der Waals surface area contributed by atoms with E-state index in [1.54, 1.807) is 36.0 Å². The smallest absolute Gasteiger partial charge is 0.354 e. The van der Waals surface area contributed by atoms with Gasteiger partial charge in [-0.1, -0.05) is 12.1 Å². The molecule has 1 aromatic carbocycles. The van der Waals surface area contributed by atoms with E-state index in [0.717, 1.165) is 16.5 Å². The van der Waals surface area contributed by atoms with Gasteiger partial charge in [-0.25, -0.2) is 9.18 Å². The van der Waals surface area contributed by atoms with Gasteiger partial charge in [-0.2, -0.15) is 0 Å². The molecule has 2 heterocycles. The molecule has 118 valence electrons. The van der Waals surface area contributed by atoms with Crippen molar-refractivity contribution in [1.82, 2.24) is 9.55 Å². The van der Waals surface area contributed by atoms with Crippen LogP contribution < -0.4 is 0 Å². The molecule has 3 aromatic rings. The third-order valence-corrected chi connectivity index (χ3v) is 3.73. The molecule has 0 radical (unpaired) electrons. The van der Waals surface area contributed by atoms with Crippen LogP contribution in [0.2, 0.25) is 0 Å². The fourth-order valence-electron chi connectivity index (χ4n) is 2.59. The molecule has 0 aliphatic heterocycles. The number of halogens is 1. The van der Waals surface area contributed by atoms with Crippen molar-refractivity contribution >= 4 is 16.9 Å². The van der Waals surface area contributed by atoms with Crippen molar-refractivity contribution < 1.29 is 13.9 Å². The molecule has 5 heteroatoms. The molecule has 4 nitrogen and oxygen atoms in total. The van der Waals surface area contributed by atoms with Crippen molar-refractivity contribution in [2.24, 2.45) is 0 Å². The minimum Gasteiger partial charge on any atom is -0.461 e. The van der Waals surface area contributed by atoms with Gasteiger partial charge in [-0.3, -0.25) is 4.98 Å². The lowest BCUT2D eigenvalue weighted by molar-refractivity contribution is 0.0515. The van der Waals surface area contributed by atoms with Crippen molar-refractivity contribution in [3.05, 3.63) is 65.4 Å². The number of hydrogen-bond donors (Lipinski definition) is 0. The van der Waals surface area contributed by atoms with Gasteiger partial charge in [-0.15, -0.1) is 0 Å². The normalized spacial score (nSPS) is 10.9. The monoisotopic (exact) mass is 312 g/mol. The van der Waals surface area contributed by atoms with Gasteiger partial charge in [-0.05, 0) is 37.6 Å². The summed E-state index contributed by atoms with van der Waals surface area (Å²) in [5, 5.41) is 0.871. The van der Waals surface area contributed by atoms with Gasteiger partial charge in [0.1, 0.15) is 11.5 Å². The number of nitrogens with zero attached hydrogens (tertiary/aromatic N) is 2. The Morgan fingerprint density at radius 1 is 1.30 bits per heavy atom. The Morgan fingerprint density at radius 2 is 2.13 bits per heavy atom. The predicted molar refractivity (Wildman–Crippen MR) is 85.9 cm³/mol. The van der Waals surface area contributed by atoms with Crippen molar-refractivity contribution in [2.45, 2.75) is 20.4 Å². The molecule has 0 unspecified atom stereocenters. The maximum atomic E-state index is 14.2. The molecule has 3 rings (SSSR count). The zero-order valence-electron chi connectivity index (χ0n) is 13.0. The highest BCUT2D eigenvalue weighted by Gasteiger charge is 2.18. The van der Waals surface area contributed by atoms with Gasteiger partial charge in [0.25, 0.3) is 0 Å². The molecular formula is C18H17FN2O2. The lowest BCUT2D eigenvalue weighted by Crippen LogP contribution is -2.13. The Bertz CT molecular complexity index is 871. The Morgan fingerprint density at radius 3 is 2.87 bits per heavy atom. The minimum atomic E-state index is -0.420. The Hall–Kier alpha value is -2.69. The number of fused-ring (bicyclic) bond motifs is 1. The predicted octanol–water partition coefficient (Wildman–Crippen LogP) is 3.71. The number of aromatic nitrogens is 2. The van der Waals surface area contributed by atoms with Gasteiger partial charge >= 0.3 is 5.97 Å². The topological polar surface area (TPSA) is 44.1 Å². The zero-order valence-corrected chi connectivity index (χ0v) is 13.0. The third kappa shape index (κ3) is 2.95. The van der Waals surface area contributed by atoms with Crippen LogP contribution in [0, 0.1) is 12.7 Å². The van der Waals surface area contributed by atoms with E-state index >= 15 is 0 Å². The summed E-state index contributed by atoms with van der Waals surface area (Å²) in [6.45, 7) is 4.13. The maximum Gasteiger partial charge on any atom is 0.354 e. The number of carbonyl (C=O) groups excluding carboxylic acids is 1. The first-order valence-corrected chi connectivity index (χ1v) is 7.45. The van der Waals surface area contributed by atoms with E-state index < -0.39 is 5.97 Å². The summed E-state index contributed by atoms with van der Waals surface area (Å²) in [6, 6.07) is 8.65. The Kier molecular flexibility index (Phi) is 4.10. The van der Waals surface area contributed by atoms with E-state index in [-0.39, 0.29) is 19.0 Å². The van der Waals surface area contributed by atoms with Gasteiger partial charge in [0.05, 0.1) is 24.9 Å². The molecule has 0 N–H and O–H groups in total. The zero-order chi connectivity index (χ0) is 16.4. The van der Waals surface area contributed by atoms with Crippen LogP contribution in [-0.2, 0) is 11.3 Å². The highest BCUT2D eigenvalue weighted by Crippen LogP contribution is 2.22. The average molecular weight is 312 g/mol. The molecular weight excluding hydrogens is 295 g/mol. The quantitative estimate of drug-likeness (QED) is 0.690. The third-order valence-electron chi connectivity index (χ3n) is 3.73. The van der Waals surface area contributed by atoms with Crippen LogP contribution in [0.3, 0.4) is 0 Å². The summed E-state index contributed by atoms with van der Waals surface area (Å²) in [5.74, 6) is -0.707. The summed E-state index contributed by atoms with van der Waals surface area (Å²) in [5.41, 5.74) is 2.55. The molecule has 0 saturated carbocycles. The van der Waals surface area contributed by atoms with Crippen LogP contribution in [0.25, 0.3) is 10.9 Å². The van der Waals surface area contributed by atoms with Crippen LogP contribution in [0.1, 0.15) is 28.5 Å². The number of ether oxygens (including phenoxy) is 1. The first-order chi connectivity index (χ1) is 11.1. The molecule has 0 aliphatic carbocycles. The molecule has 0 bridgehead atoms. The van der Waals surface area contributed by atoms with E-state index in [0.29, 0.717) is 11.3 Å². The van der Waals surface area contributed by atoms with Crippen LogP contribution in [-0.4, -0.2) is 22.1 Å². The molecule has 0 fully saturated rings. The number of pyridine rings is 1. The van der Waals surface area contributed by atoms with Crippen molar-refractivity contribution in [2.75, 3.05) is 6.61 Å². The highest BCUT2D eigenvalue weighted by molar-refractivity contribution is 5.95. The van der Waals surface area contributed by atoms with E-state index in [2.05, 4.69) is 4.98 Å². The summed E-state index contributed by atoms with van der Waals surface area (Å²) >= 11 is 0. The number of aryl methyl sites for hydroxylation is 1. The maximum absolute atomic E-state index is 14.2. The fraction of sp³-hybridized carbons (Fsp3) is 0.222. The standard InChI is InChI=1S/C18H17FN2O2/c1-3-23-18(22)16-9-13-6-7-20-10-17(13)21(16)11-14-5-4-12(2)8-15(14)19/h4-10H,3,11H2,1-2H3. The van der Waals surface area contributed by atoms with Crippen LogP contribution >= 0.6 is 0 Å². The van der Waals surface area contributed by atoms with Gasteiger partial charge in [0.2, 0.25) is 0 Å². The van der Waals surface area contributed by atoms with Gasteiger partial charge in [0, 0.05) is 17.1 Å². The molecule has 0 aliphatic rings. The Labute approximate surface area is 133 Å². The molecule has 0 saturated heterocycles. The lowest BCUT2D eigenvalue weighted by Gasteiger charge is -2.11. The Balaban J connectivity index is 2.10. The second-order valence-electron chi connectivity index (χ2n) is 5.37.